The van der Waals surface area contributed by atoms with Crippen LogP contribution in [0.3, 0.4) is 0 Å². The van der Waals surface area contributed by atoms with Crippen LogP contribution in [0.25, 0.3) is 0 Å². The van der Waals surface area contributed by atoms with Crippen molar-refractivity contribution in [1.82, 2.24) is 9.71 Å². The van der Waals surface area contributed by atoms with E-state index in [2.05, 4.69) is 9.71 Å². The van der Waals surface area contributed by atoms with E-state index in [-0.39, 0.29) is 11.9 Å². The van der Waals surface area contributed by atoms with Crippen LogP contribution in [0.4, 0.5) is 5.69 Å². The van der Waals surface area contributed by atoms with Gasteiger partial charge in [-0.2, -0.15) is 0 Å². The molecule has 0 fully saturated rings. The first-order valence-corrected chi connectivity index (χ1v) is 10.1. The van der Waals surface area contributed by atoms with Gasteiger partial charge in [0, 0.05) is 22.8 Å². The van der Waals surface area contributed by atoms with Crippen LogP contribution in [-0.2, 0) is 23.0 Å². The third-order valence-corrected chi connectivity index (χ3v) is 5.59. The number of benzene rings is 1. The molecule has 2 aliphatic rings. The minimum Gasteiger partial charge on any atom is -0.302 e. The van der Waals surface area contributed by atoms with Gasteiger partial charge in [-0.05, 0) is 47.7 Å². The maximum Gasteiger partial charge on any atom is 0.258 e. The highest BCUT2D eigenvalue weighted by Crippen LogP contribution is 2.39. The predicted octanol–water partition coefficient (Wildman–Crippen LogP) is 2.43. The maximum absolute atomic E-state index is 12.8. The third kappa shape index (κ3) is 2.92. The second-order valence-electron chi connectivity index (χ2n) is 6.40. The van der Waals surface area contributed by atoms with Crippen molar-refractivity contribution in [2.24, 2.45) is 0 Å². The topological polar surface area (TPSA) is 79.4 Å². The Labute approximate surface area is 150 Å². The molecule has 130 valence electrons. The quantitative estimate of drug-likeness (QED) is 0.890. The summed E-state index contributed by atoms with van der Waals surface area (Å²) >= 11 is 6.03. The maximum atomic E-state index is 12.8. The molecule has 1 aromatic heterocycles. The van der Waals surface area contributed by atoms with Crippen LogP contribution in [0.2, 0.25) is 5.02 Å². The number of pyridine rings is 1. The summed E-state index contributed by atoms with van der Waals surface area (Å²) in [6.07, 6.45) is 5.85. The average Bonchev–Trinajstić information content (AvgIpc) is 3.07. The van der Waals surface area contributed by atoms with Gasteiger partial charge in [-0.25, -0.2) is 13.1 Å². The number of hydrogen-bond acceptors (Lipinski definition) is 4. The van der Waals surface area contributed by atoms with E-state index in [1.165, 1.54) is 0 Å². The highest BCUT2D eigenvalue weighted by atomic mass is 35.5. The van der Waals surface area contributed by atoms with E-state index in [9.17, 15) is 13.2 Å². The summed E-state index contributed by atoms with van der Waals surface area (Å²) in [7, 11) is -3.31. The highest BCUT2D eigenvalue weighted by Gasteiger charge is 2.34. The number of carbonyl (C=O) groups is 1. The summed E-state index contributed by atoms with van der Waals surface area (Å²) in [6, 6.07) is 4.96. The van der Waals surface area contributed by atoms with Crippen LogP contribution in [-0.4, -0.2) is 25.6 Å². The molecule has 0 saturated carbocycles. The van der Waals surface area contributed by atoms with Crippen molar-refractivity contribution in [1.29, 1.82) is 0 Å². The molecule has 0 unspecified atom stereocenters. The first kappa shape index (κ1) is 16.5. The summed E-state index contributed by atoms with van der Waals surface area (Å²) < 4.78 is 25.8. The largest absolute Gasteiger partial charge is 0.302 e. The lowest BCUT2D eigenvalue weighted by Gasteiger charge is -2.19. The lowest BCUT2D eigenvalue weighted by atomic mass is 10.1. The van der Waals surface area contributed by atoms with Crippen LogP contribution >= 0.6 is 11.6 Å². The molecule has 0 radical (unpaired) electrons. The van der Waals surface area contributed by atoms with E-state index in [1.54, 1.807) is 35.5 Å². The highest BCUT2D eigenvalue weighted by molar-refractivity contribution is 7.88. The summed E-state index contributed by atoms with van der Waals surface area (Å²) in [5.74, 6) is -0.0820. The van der Waals surface area contributed by atoms with Crippen molar-refractivity contribution in [3.63, 3.8) is 0 Å². The molecule has 1 aliphatic carbocycles. The Bertz CT molecular complexity index is 991. The van der Waals surface area contributed by atoms with Crippen molar-refractivity contribution in [3.8, 4) is 0 Å². The third-order valence-electron chi connectivity index (χ3n) is 4.64. The van der Waals surface area contributed by atoms with E-state index >= 15 is 0 Å². The summed E-state index contributed by atoms with van der Waals surface area (Å²) in [6.45, 7) is 0.441. The molecule has 0 saturated heterocycles. The molecule has 8 heteroatoms. The Hall–Kier alpha value is -1.96. The Kier molecular flexibility index (Phi) is 3.82. The van der Waals surface area contributed by atoms with Gasteiger partial charge in [-0.1, -0.05) is 11.6 Å². The molecule has 2 heterocycles. The number of aromatic nitrogens is 1. The van der Waals surface area contributed by atoms with Crippen LogP contribution in [0.15, 0.2) is 30.6 Å². The van der Waals surface area contributed by atoms with Gasteiger partial charge in [-0.15, -0.1) is 0 Å². The minimum absolute atomic E-state index is 0.0820. The van der Waals surface area contributed by atoms with Crippen LogP contribution < -0.4 is 9.62 Å². The van der Waals surface area contributed by atoms with Gasteiger partial charge in [0.25, 0.3) is 5.91 Å². The molecule has 0 bridgehead atoms. The molecule has 6 nitrogen and oxygen atoms in total. The summed E-state index contributed by atoms with van der Waals surface area (Å²) in [5.41, 5.74) is 4.09. The number of nitrogens with zero attached hydrogens (tertiary/aromatic N) is 2. The van der Waals surface area contributed by atoms with Gasteiger partial charge in [0.1, 0.15) is 0 Å². The number of rotatable bonds is 3. The number of amides is 1. The van der Waals surface area contributed by atoms with Crippen LogP contribution in [0.1, 0.15) is 39.5 Å². The van der Waals surface area contributed by atoms with Gasteiger partial charge < -0.3 is 4.90 Å². The van der Waals surface area contributed by atoms with Gasteiger partial charge in [-0.3, -0.25) is 9.78 Å². The minimum atomic E-state index is -3.31. The second-order valence-corrected chi connectivity index (χ2v) is 8.62. The Morgan fingerprint density at radius 1 is 1.32 bits per heavy atom. The molecule has 1 aromatic carbocycles. The zero-order valence-electron chi connectivity index (χ0n) is 13.5. The predicted molar refractivity (Wildman–Crippen MR) is 95.2 cm³/mol. The zero-order valence-corrected chi connectivity index (χ0v) is 15.1. The van der Waals surface area contributed by atoms with Gasteiger partial charge in [0.2, 0.25) is 10.0 Å². The second kappa shape index (κ2) is 5.79. The first-order chi connectivity index (χ1) is 11.8. The number of carbonyl (C=O) groups excluding carboxylic acids is 1. The molecule has 0 spiro atoms. The van der Waals surface area contributed by atoms with Crippen molar-refractivity contribution in [2.45, 2.75) is 25.4 Å². The van der Waals surface area contributed by atoms with E-state index in [0.29, 0.717) is 30.0 Å². The molecular weight excluding hydrogens is 362 g/mol. The zero-order chi connectivity index (χ0) is 17.8. The van der Waals surface area contributed by atoms with Crippen molar-refractivity contribution >= 4 is 33.2 Å². The fourth-order valence-corrected chi connectivity index (χ4v) is 4.56. The van der Waals surface area contributed by atoms with E-state index in [1.807, 2.05) is 0 Å². The monoisotopic (exact) mass is 377 g/mol. The van der Waals surface area contributed by atoms with E-state index in [0.717, 1.165) is 28.6 Å². The Morgan fingerprint density at radius 3 is 2.88 bits per heavy atom. The average molecular weight is 378 g/mol. The normalized spacial score (nSPS) is 19.2. The van der Waals surface area contributed by atoms with Crippen LogP contribution in [0, 0.1) is 0 Å². The molecule has 2 aromatic rings. The summed E-state index contributed by atoms with van der Waals surface area (Å²) in [5, 5.41) is 0.599. The van der Waals surface area contributed by atoms with E-state index < -0.39 is 10.0 Å². The molecule has 25 heavy (non-hydrogen) atoms. The molecule has 1 atom stereocenters. The van der Waals surface area contributed by atoms with Crippen molar-refractivity contribution in [2.75, 3.05) is 11.2 Å². The van der Waals surface area contributed by atoms with Gasteiger partial charge in [0.15, 0.2) is 0 Å². The number of halogens is 1. The summed E-state index contributed by atoms with van der Waals surface area (Å²) in [4.78, 5) is 18.7. The molecule has 1 aliphatic heterocycles. The van der Waals surface area contributed by atoms with Crippen molar-refractivity contribution in [3.05, 3.63) is 57.9 Å². The van der Waals surface area contributed by atoms with E-state index in [4.69, 9.17) is 11.6 Å². The number of fused-ring (bicyclic) bond motifs is 2. The Morgan fingerprint density at radius 2 is 2.12 bits per heavy atom. The number of anilines is 1. The Balaban J connectivity index is 1.71. The molecular formula is C17H16ClN3O3S. The van der Waals surface area contributed by atoms with Crippen LogP contribution in [0.5, 0.6) is 0 Å². The smallest absolute Gasteiger partial charge is 0.258 e. The molecule has 1 amide bonds. The number of sulfonamides is 1. The molecule has 4 rings (SSSR count). The number of nitrogens with one attached hydrogen (secondary N) is 1. The standard InChI is InChI=1S/C17H16ClN3O3S/c1-25(23,24)20-15-5-4-13-14(15)7-19-8-16(13)21-9-10-6-11(18)2-3-12(10)17(21)22/h2-3,6-8,15,20H,4-5,9H2,1H3/t15-/m0/s1. The fraction of sp³-hybridized carbons (Fsp3) is 0.294. The number of hydrogen-bond donors (Lipinski definition) is 1. The fourth-order valence-electron chi connectivity index (χ4n) is 3.61. The lowest BCUT2D eigenvalue weighted by molar-refractivity contribution is 0.0996. The first-order valence-electron chi connectivity index (χ1n) is 7.88. The van der Waals surface area contributed by atoms with Crippen molar-refractivity contribution < 1.29 is 13.2 Å². The lowest BCUT2D eigenvalue weighted by Crippen LogP contribution is -2.26. The van der Waals surface area contributed by atoms with Gasteiger partial charge in [0.05, 0.1) is 24.7 Å². The molecule has 1 N–H and O–H groups in total. The van der Waals surface area contributed by atoms with Gasteiger partial charge >= 0.3 is 0 Å². The SMILES string of the molecule is CS(=O)(=O)N[C@H]1CCc2c1cncc2N1Cc2cc(Cl)ccc2C1=O.